The predicted octanol–water partition coefficient (Wildman–Crippen LogP) is 8.34. The molecule has 1 aliphatic carbocycles. The van der Waals surface area contributed by atoms with Crippen molar-refractivity contribution in [3.63, 3.8) is 0 Å². The van der Waals surface area contributed by atoms with Gasteiger partial charge >= 0.3 is 0 Å². The summed E-state index contributed by atoms with van der Waals surface area (Å²) in [5.74, 6) is 0.976. The van der Waals surface area contributed by atoms with Crippen molar-refractivity contribution in [1.82, 2.24) is 4.90 Å². The third-order valence-electron chi connectivity index (χ3n) is 9.15. The molecule has 4 atom stereocenters. The standard InChI is InChI=1S/C32H45Cl2NO3Si/c1-20-23-11-9-12-24(25-15-21(25)18-32(5,6)37)26(23)16-22(19-38-39(7,8)31(2,3)4)35(20)30(36)17-27-28(33)13-10-14-29(27)34/h9-14,20-22,25,37H,15-19H2,1-8H3/t20-,21-,22+,25-/m0/s1. The lowest BCUT2D eigenvalue weighted by molar-refractivity contribution is -0.137. The van der Waals surface area contributed by atoms with E-state index in [1.165, 1.54) is 16.7 Å². The molecule has 0 radical (unpaired) electrons. The summed E-state index contributed by atoms with van der Waals surface area (Å²) in [6.45, 7) is 17.7. The Kier molecular flexibility index (Phi) is 8.73. The molecule has 0 bridgehead atoms. The van der Waals surface area contributed by atoms with Crippen LogP contribution in [0.4, 0.5) is 0 Å². The second-order valence-corrected chi connectivity index (χ2v) is 19.4. The van der Waals surface area contributed by atoms with E-state index < -0.39 is 13.9 Å². The largest absolute Gasteiger partial charge is 0.415 e. The molecule has 1 amide bonds. The first-order chi connectivity index (χ1) is 18.0. The maximum atomic E-state index is 14.0. The average Bonchev–Trinajstić information content (AvgIpc) is 3.56. The molecule has 1 fully saturated rings. The number of halogens is 2. The number of fused-ring (bicyclic) bond motifs is 1. The highest BCUT2D eigenvalue weighted by atomic mass is 35.5. The first-order valence-corrected chi connectivity index (χ1v) is 17.9. The number of carbonyl (C=O) groups excluding carboxylic acids is 1. The third-order valence-corrected chi connectivity index (χ3v) is 14.4. The summed E-state index contributed by atoms with van der Waals surface area (Å²) >= 11 is 12.9. The highest BCUT2D eigenvalue weighted by Crippen LogP contribution is 2.54. The van der Waals surface area contributed by atoms with Gasteiger partial charge in [0, 0.05) is 10.0 Å². The molecule has 0 unspecified atom stereocenters. The topological polar surface area (TPSA) is 49.8 Å². The first-order valence-electron chi connectivity index (χ1n) is 14.2. The van der Waals surface area contributed by atoms with Gasteiger partial charge in [0.2, 0.25) is 5.91 Å². The van der Waals surface area contributed by atoms with Crippen LogP contribution in [-0.4, -0.2) is 42.5 Å². The van der Waals surface area contributed by atoms with Crippen molar-refractivity contribution in [1.29, 1.82) is 0 Å². The van der Waals surface area contributed by atoms with E-state index in [1.54, 1.807) is 18.2 Å². The zero-order valence-corrected chi connectivity index (χ0v) is 27.3. The lowest BCUT2D eigenvalue weighted by Gasteiger charge is -2.45. The van der Waals surface area contributed by atoms with Crippen LogP contribution in [0.1, 0.15) is 88.6 Å². The molecule has 4 rings (SSSR count). The zero-order chi connectivity index (χ0) is 28.9. The van der Waals surface area contributed by atoms with E-state index >= 15 is 0 Å². The molecule has 0 aromatic heterocycles. The fourth-order valence-electron chi connectivity index (χ4n) is 5.92. The van der Waals surface area contributed by atoms with Crippen molar-refractivity contribution in [3.05, 3.63) is 68.7 Å². The summed E-state index contributed by atoms with van der Waals surface area (Å²) in [5, 5.41) is 11.5. The Balaban J connectivity index is 1.67. The van der Waals surface area contributed by atoms with Crippen molar-refractivity contribution in [2.24, 2.45) is 5.92 Å². The van der Waals surface area contributed by atoms with Crippen LogP contribution in [0.3, 0.4) is 0 Å². The molecule has 2 aromatic rings. The Bertz CT molecular complexity index is 1200. The summed E-state index contributed by atoms with van der Waals surface area (Å²) in [6, 6.07) is 11.8. The SMILES string of the molecule is C[C@H]1c2cccc([C@H]3C[C@H]3CC(C)(C)O)c2C[C@H](CO[Si](C)(C)C(C)(C)C)N1C(=O)Cc1c(Cl)cccc1Cl. The molecule has 0 saturated heterocycles. The number of hydrogen-bond acceptors (Lipinski definition) is 3. The lowest BCUT2D eigenvalue weighted by atomic mass is 9.83. The van der Waals surface area contributed by atoms with Gasteiger partial charge in [0.1, 0.15) is 0 Å². The molecular weight excluding hydrogens is 545 g/mol. The molecule has 1 saturated carbocycles. The Morgan fingerprint density at radius 3 is 2.23 bits per heavy atom. The number of rotatable bonds is 8. The van der Waals surface area contributed by atoms with Crippen molar-refractivity contribution in [3.8, 4) is 0 Å². The number of carbonyl (C=O) groups is 1. The number of benzene rings is 2. The minimum atomic E-state index is -2.03. The Hall–Kier alpha value is -1.37. The Morgan fingerprint density at radius 1 is 1.05 bits per heavy atom. The van der Waals surface area contributed by atoms with E-state index in [2.05, 4.69) is 59.0 Å². The molecule has 0 spiro atoms. The van der Waals surface area contributed by atoms with Crippen LogP contribution >= 0.6 is 23.2 Å². The summed E-state index contributed by atoms with van der Waals surface area (Å²) in [6.07, 6.45) is 2.83. The average molecular weight is 591 g/mol. The van der Waals surface area contributed by atoms with Gasteiger partial charge in [-0.3, -0.25) is 4.79 Å². The zero-order valence-electron chi connectivity index (χ0n) is 24.8. The maximum absolute atomic E-state index is 14.0. The highest BCUT2D eigenvalue weighted by molar-refractivity contribution is 6.74. The van der Waals surface area contributed by atoms with Crippen LogP contribution in [0.25, 0.3) is 0 Å². The van der Waals surface area contributed by atoms with E-state index in [4.69, 9.17) is 27.6 Å². The normalized spacial score (nSPS) is 23.5. The molecule has 4 nitrogen and oxygen atoms in total. The van der Waals surface area contributed by atoms with Gasteiger partial charge in [-0.1, -0.05) is 68.2 Å². The molecule has 7 heteroatoms. The summed E-state index contributed by atoms with van der Waals surface area (Å²) in [4.78, 5) is 16.0. The summed E-state index contributed by atoms with van der Waals surface area (Å²) < 4.78 is 6.74. The van der Waals surface area contributed by atoms with Gasteiger partial charge in [-0.2, -0.15) is 0 Å². The minimum Gasteiger partial charge on any atom is -0.415 e. The van der Waals surface area contributed by atoms with E-state index in [0.717, 1.165) is 19.3 Å². The van der Waals surface area contributed by atoms with Crippen molar-refractivity contribution < 1.29 is 14.3 Å². The molecule has 2 aliphatic rings. The third kappa shape index (κ3) is 6.76. The van der Waals surface area contributed by atoms with Gasteiger partial charge in [0.05, 0.1) is 30.7 Å². The van der Waals surface area contributed by atoms with Crippen LogP contribution < -0.4 is 0 Å². The second-order valence-electron chi connectivity index (χ2n) is 13.8. The molecule has 2 aromatic carbocycles. The van der Waals surface area contributed by atoms with Gasteiger partial charge in [0.25, 0.3) is 0 Å². The van der Waals surface area contributed by atoms with Crippen LogP contribution in [0.5, 0.6) is 0 Å². The van der Waals surface area contributed by atoms with E-state index in [1.807, 2.05) is 18.7 Å². The number of aliphatic hydroxyl groups is 1. The number of amides is 1. The van der Waals surface area contributed by atoms with Crippen molar-refractivity contribution in [2.75, 3.05) is 6.61 Å². The second kappa shape index (κ2) is 11.1. The molecule has 1 N–H and O–H groups in total. The Morgan fingerprint density at radius 2 is 1.64 bits per heavy atom. The van der Waals surface area contributed by atoms with Gasteiger partial charge in [-0.15, -0.1) is 0 Å². The molecular formula is C32H45Cl2NO3Si. The van der Waals surface area contributed by atoms with Gasteiger partial charge in [-0.25, -0.2) is 0 Å². The number of nitrogens with zero attached hydrogens (tertiary/aromatic N) is 1. The fourth-order valence-corrected chi connectivity index (χ4v) is 7.49. The van der Waals surface area contributed by atoms with Crippen molar-refractivity contribution >= 4 is 37.4 Å². The van der Waals surface area contributed by atoms with Crippen LogP contribution in [0.15, 0.2) is 36.4 Å². The first kappa shape index (κ1) is 30.6. The lowest BCUT2D eigenvalue weighted by Crippen LogP contribution is -2.52. The molecule has 39 heavy (non-hydrogen) atoms. The molecule has 214 valence electrons. The summed E-state index contributed by atoms with van der Waals surface area (Å²) in [7, 11) is -2.03. The van der Waals surface area contributed by atoms with E-state index in [-0.39, 0.29) is 29.4 Å². The fraction of sp³-hybridized carbons (Fsp3) is 0.594. The number of hydrogen-bond donors (Lipinski definition) is 1. The predicted molar refractivity (Wildman–Crippen MR) is 164 cm³/mol. The van der Waals surface area contributed by atoms with Gasteiger partial charge in [-0.05, 0) is 104 Å². The van der Waals surface area contributed by atoms with E-state index in [9.17, 15) is 9.90 Å². The highest BCUT2D eigenvalue weighted by Gasteiger charge is 2.45. The quantitative estimate of drug-likeness (QED) is 0.315. The maximum Gasteiger partial charge on any atom is 0.227 e. The molecule has 1 heterocycles. The van der Waals surface area contributed by atoms with Crippen LogP contribution in [0, 0.1) is 5.92 Å². The van der Waals surface area contributed by atoms with Gasteiger partial charge in [0.15, 0.2) is 8.32 Å². The monoisotopic (exact) mass is 589 g/mol. The molecule has 1 aliphatic heterocycles. The Labute approximate surface area is 246 Å². The summed E-state index contributed by atoms with van der Waals surface area (Å²) in [5.41, 5.74) is 3.96. The van der Waals surface area contributed by atoms with Gasteiger partial charge < -0.3 is 14.4 Å². The van der Waals surface area contributed by atoms with Crippen molar-refractivity contribution in [2.45, 2.75) is 109 Å². The minimum absolute atomic E-state index is 0.0173. The van der Waals surface area contributed by atoms with E-state index in [0.29, 0.717) is 34.1 Å². The van der Waals surface area contributed by atoms with Crippen LogP contribution in [-0.2, 0) is 22.1 Å². The van der Waals surface area contributed by atoms with Crippen LogP contribution in [0.2, 0.25) is 28.2 Å². The smallest absolute Gasteiger partial charge is 0.227 e.